The number of aromatic nitrogens is 4. The third-order valence-corrected chi connectivity index (χ3v) is 3.15. The van der Waals surface area contributed by atoms with Crippen molar-refractivity contribution in [2.24, 2.45) is 0 Å². The van der Waals surface area contributed by atoms with E-state index in [4.69, 9.17) is 9.84 Å². The van der Waals surface area contributed by atoms with Gasteiger partial charge < -0.3 is 25.0 Å². The smallest absolute Gasteiger partial charge is 0.262 e. The lowest BCUT2D eigenvalue weighted by Crippen LogP contribution is -2.32. The van der Waals surface area contributed by atoms with Crippen molar-refractivity contribution in [1.82, 2.24) is 20.2 Å². The minimum atomic E-state index is -1.28. The molecule has 1 fully saturated rings. The lowest BCUT2D eigenvalue weighted by atomic mass is 10.1. The van der Waals surface area contributed by atoms with E-state index in [1.807, 2.05) is 0 Å². The number of rotatable bonds is 2. The fourth-order valence-electron chi connectivity index (χ4n) is 2.12. The minimum absolute atomic E-state index is 0.0734. The molecule has 1 aliphatic rings. The Labute approximate surface area is 105 Å². The van der Waals surface area contributed by atoms with E-state index in [2.05, 4.69) is 20.2 Å². The van der Waals surface area contributed by atoms with Crippen molar-refractivity contribution >= 4 is 11.0 Å². The lowest BCUT2D eigenvalue weighted by Gasteiger charge is -2.13. The van der Waals surface area contributed by atoms with Gasteiger partial charge >= 0.3 is 0 Å². The Morgan fingerprint density at radius 2 is 2.16 bits per heavy atom. The first-order valence-corrected chi connectivity index (χ1v) is 5.67. The van der Waals surface area contributed by atoms with Crippen molar-refractivity contribution in [3.63, 3.8) is 0 Å². The summed E-state index contributed by atoms with van der Waals surface area (Å²) in [5.41, 5.74) is -0.164. The van der Waals surface area contributed by atoms with Gasteiger partial charge in [0.05, 0.1) is 12.8 Å². The van der Waals surface area contributed by atoms with Crippen LogP contribution in [0.2, 0.25) is 0 Å². The first-order valence-electron chi connectivity index (χ1n) is 5.67. The van der Waals surface area contributed by atoms with Gasteiger partial charge in [-0.1, -0.05) is 0 Å². The van der Waals surface area contributed by atoms with Gasteiger partial charge in [0.1, 0.15) is 35.6 Å². The highest BCUT2D eigenvalue weighted by Gasteiger charge is 2.44. The molecule has 19 heavy (non-hydrogen) atoms. The van der Waals surface area contributed by atoms with Crippen LogP contribution in [0, 0.1) is 0 Å². The van der Waals surface area contributed by atoms with Crippen molar-refractivity contribution in [3.8, 4) is 0 Å². The molecule has 0 bridgehead atoms. The summed E-state index contributed by atoms with van der Waals surface area (Å²) in [5, 5.41) is 35.0. The molecular weight excluding hydrogens is 256 g/mol. The summed E-state index contributed by atoms with van der Waals surface area (Å²) in [7, 11) is 0. The highest BCUT2D eigenvalue weighted by Crippen LogP contribution is 2.31. The van der Waals surface area contributed by atoms with Gasteiger partial charge in [0.2, 0.25) is 0 Å². The van der Waals surface area contributed by atoms with E-state index >= 15 is 0 Å². The molecule has 1 unspecified atom stereocenters. The standard InChI is InChI=1S/C10H12N4O5/c15-2-4-5(16)6(17)7(19-4)9-12-8-3(1-11-14-8)10(18)13-9/h1,4-7,15-17H,2H2,(H2,11,12,13,14,18)/t4-,5-,6-,7?/m1/s1. The van der Waals surface area contributed by atoms with Crippen molar-refractivity contribution < 1.29 is 20.1 Å². The van der Waals surface area contributed by atoms with Crippen LogP contribution in [-0.2, 0) is 4.74 Å². The predicted molar refractivity (Wildman–Crippen MR) is 61.2 cm³/mol. The van der Waals surface area contributed by atoms with E-state index in [0.717, 1.165) is 0 Å². The summed E-state index contributed by atoms with van der Waals surface area (Å²) in [6.07, 6.45) is -3.10. The quantitative estimate of drug-likeness (QED) is 0.415. The normalized spacial score (nSPS) is 31.1. The van der Waals surface area contributed by atoms with Crippen LogP contribution in [0.3, 0.4) is 0 Å². The Bertz CT molecular complexity index is 653. The largest absolute Gasteiger partial charge is 0.394 e. The molecule has 9 nitrogen and oxygen atoms in total. The van der Waals surface area contributed by atoms with Crippen LogP contribution in [0.25, 0.3) is 11.0 Å². The maximum Gasteiger partial charge on any atom is 0.262 e. The van der Waals surface area contributed by atoms with Crippen LogP contribution in [0.4, 0.5) is 0 Å². The fourth-order valence-corrected chi connectivity index (χ4v) is 2.12. The predicted octanol–water partition coefficient (Wildman–Crippen LogP) is -2.20. The van der Waals surface area contributed by atoms with E-state index in [1.165, 1.54) is 6.20 Å². The van der Waals surface area contributed by atoms with Gasteiger partial charge in [-0.3, -0.25) is 9.89 Å². The fraction of sp³-hybridized carbons (Fsp3) is 0.500. The molecule has 0 spiro atoms. The van der Waals surface area contributed by atoms with Crippen LogP contribution in [0.1, 0.15) is 11.9 Å². The Kier molecular flexibility index (Phi) is 2.82. The highest BCUT2D eigenvalue weighted by molar-refractivity contribution is 5.72. The molecule has 9 heteroatoms. The first-order chi connectivity index (χ1) is 9.11. The highest BCUT2D eigenvalue weighted by atomic mass is 16.6. The third kappa shape index (κ3) is 1.83. The summed E-state index contributed by atoms with van der Waals surface area (Å²) in [4.78, 5) is 18.3. The number of ether oxygens (including phenoxy) is 1. The van der Waals surface area contributed by atoms with E-state index in [0.29, 0.717) is 0 Å². The number of nitrogens with zero attached hydrogens (tertiary/aromatic N) is 2. The molecule has 3 rings (SSSR count). The van der Waals surface area contributed by atoms with Gasteiger partial charge in [0.25, 0.3) is 5.56 Å². The zero-order valence-corrected chi connectivity index (χ0v) is 9.65. The molecule has 0 amide bonds. The van der Waals surface area contributed by atoms with E-state index in [-0.39, 0.29) is 16.9 Å². The van der Waals surface area contributed by atoms with Gasteiger partial charge in [-0.2, -0.15) is 5.10 Å². The summed E-state index contributed by atoms with van der Waals surface area (Å²) in [6, 6.07) is 0. The average Bonchev–Trinajstić information content (AvgIpc) is 2.96. The van der Waals surface area contributed by atoms with Gasteiger partial charge in [0.15, 0.2) is 5.65 Å². The van der Waals surface area contributed by atoms with Crippen molar-refractivity contribution in [3.05, 3.63) is 22.4 Å². The van der Waals surface area contributed by atoms with E-state index in [1.54, 1.807) is 0 Å². The summed E-state index contributed by atoms with van der Waals surface area (Å²) >= 11 is 0. The molecule has 0 aromatic carbocycles. The molecule has 3 heterocycles. The number of aromatic amines is 2. The minimum Gasteiger partial charge on any atom is -0.394 e. The molecule has 5 N–H and O–H groups in total. The number of H-pyrrole nitrogens is 2. The Morgan fingerprint density at radius 3 is 2.84 bits per heavy atom. The molecule has 0 aliphatic carbocycles. The van der Waals surface area contributed by atoms with E-state index in [9.17, 15) is 15.0 Å². The molecule has 2 aromatic heterocycles. The second-order valence-corrected chi connectivity index (χ2v) is 4.34. The van der Waals surface area contributed by atoms with Crippen molar-refractivity contribution in [2.75, 3.05) is 6.61 Å². The number of hydrogen-bond donors (Lipinski definition) is 5. The molecule has 0 radical (unpaired) electrons. The number of aliphatic hydroxyl groups is 3. The van der Waals surface area contributed by atoms with Crippen LogP contribution < -0.4 is 5.56 Å². The summed E-state index contributed by atoms with van der Waals surface area (Å²) in [5.74, 6) is 0.0734. The molecule has 1 saturated heterocycles. The first kappa shape index (κ1) is 12.2. The topological polar surface area (TPSA) is 144 Å². The van der Waals surface area contributed by atoms with Crippen LogP contribution in [-0.4, -0.2) is 60.4 Å². The Hall–Kier alpha value is -1.81. The monoisotopic (exact) mass is 268 g/mol. The number of fused-ring (bicyclic) bond motifs is 1. The second kappa shape index (κ2) is 4.38. The third-order valence-electron chi connectivity index (χ3n) is 3.15. The molecule has 0 saturated carbocycles. The SMILES string of the molecule is O=c1[nH]c(C2O[C@H](CO)[C@@H](O)[C@H]2O)nc2[nH]ncc12. The zero-order valence-electron chi connectivity index (χ0n) is 9.65. The van der Waals surface area contributed by atoms with Crippen molar-refractivity contribution in [2.45, 2.75) is 24.4 Å². The van der Waals surface area contributed by atoms with Gasteiger partial charge in [0, 0.05) is 0 Å². The van der Waals surface area contributed by atoms with Gasteiger partial charge in [-0.05, 0) is 0 Å². The molecule has 102 valence electrons. The molecule has 2 aromatic rings. The summed E-state index contributed by atoms with van der Waals surface area (Å²) in [6.45, 7) is -0.439. The second-order valence-electron chi connectivity index (χ2n) is 4.34. The maximum absolute atomic E-state index is 11.8. The maximum atomic E-state index is 11.8. The Morgan fingerprint density at radius 1 is 1.37 bits per heavy atom. The average molecular weight is 268 g/mol. The number of aliphatic hydroxyl groups excluding tert-OH is 3. The lowest BCUT2D eigenvalue weighted by molar-refractivity contribution is -0.0252. The van der Waals surface area contributed by atoms with Crippen molar-refractivity contribution in [1.29, 1.82) is 0 Å². The van der Waals surface area contributed by atoms with Crippen LogP contribution >= 0.6 is 0 Å². The van der Waals surface area contributed by atoms with Gasteiger partial charge in [-0.25, -0.2) is 4.98 Å². The summed E-state index contributed by atoms with van der Waals surface area (Å²) < 4.78 is 5.28. The van der Waals surface area contributed by atoms with Crippen LogP contribution in [0.5, 0.6) is 0 Å². The molecule has 1 aliphatic heterocycles. The van der Waals surface area contributed by atoms with Crippen LogP contribution in [0.15, 0.2) is 11.0 Å². The Balaban J connectivity index is 2.03. The molecular formula is C10H12N4O5. The van der Waals surface area contributed by atoms with Gasteiger partial charge in [-0.15, -0.1) is 0 Å². The number of nitrogens with one attached hydrogen (secondary N) is 2. The number of hydrogen-bond acceptors (Lipinski definition) is 7. The molecule has 4 atom stereocenters. The zero-order chi connectivity index (χ0) is 13.6. The van der Waals surface area contributed by atoms with E-state index < -0.39 is 36.6 Å².